The molecule has 5 nitrogen and oxygen atoms in total. The predicted molar refractivity (Wildman–Crippen MR) is 109 cm³/mol. The number of imidazole rings is 1. The van der Waals surface area contributed by atoms with Gasteiger partial charge in [0, 0.05) is 6.54 Å². The number of hydrogen-bond donors (Lipinski definition) is 1. The van der Waals surface area contributed by atoms with Crippen LogP contribution in [0, 0.1) is 0 Å². The van der Waals surface area contributed by atoms with E-state index in [0.29, 0.717) is 5.75 Å². The number of carbonyl (C=O) groups excluding carboxylic acids is 1. The number of H-pyrrole nitrogens is 1. The number of para-hydroxylation sites is 2. The molecule has 1 N–H and O–H groups in total. The molecule has 0 aliphatic carbocycles. The minimum atomic E-state index is -0.0138. The van der Waals surface area contributed by atoms with Gasteiger partial charge in [0.2, 0.25) is 0 Å². The number of amides is 1. The average Bonchev–Trinajstić information content (AvgIpc) is 3.38. The van der Waals surface area contributed by atoms with Crippen LogP contribution in [0.1, 0.15) is 24.7 Å². The molecule has 5 heteroatoms. The number of rotatable bonds is 4. The number of nitrogens with zero attached hydrogens (tertiary/aromatic N) is 2. The maximum atomic E-state index is 12.8. The van der Waals surface area contributed by atoms with E-state index in [9.17, 15) is 4.79 Å². The fourth-order valence-corrected chi connectivity index (χ4v) is 3.97. The van der Waals surface area contributed by atoms with Crippen LogP contribution in [0.25, 0.3) is 21.8 Å². The Morgan fingerprint density at radius 1 is 1.07 bits per heavy atom. The van der Waals surface area contributed by atoms with Crippen molar-refractivity contribution in [1.29, 1.82) is 0 Å². The maximum absolute atomic E-state index is 12.8. The quantitative estimate of drug-likeness (QED) is 0.576. The number of hydrogen-bond acceptors (Lipinski definition) is 3. The zero-order valence-electron chi connectivity index (χ0n) is 15.5. The van der Waals surface area contributed by atoms with E-state index in [4.69, 9.17) is 4.74 Å². The third kappa shape index (κ3) is 3.09. The summed E-state index contributed by atoms with van der Waals surface area (Å²) in [6.07, 6.45) is 1.89. The average molecular weight is 371 g/mol. The summed E-state index contributed by atoms with van der Waals surface area (Å²) in [6.45, 7) is 0.774. The van der Waals surface area contributed by atoms with Gasteiger partial charge in [0.25, 0.3) is 5.91 Å². The first kappa shape index (κ1) is 16.8. The summed E-state index contributed by atoms with van der Waals surface area (Å²) >= 11 is 0. The molecule has 1 amide bonds. The molecule has 1 fully saturated rings. The summed E-state index contributed by atoms with van der Waals surface area (Å²) in [7, 11) is 0. The molecule has 1 unspecified atom stereocenters. The molecule has 1 aliphatic rings. The van der Waals surface area contributed by atoms with Crippen molar-refractivity contribution in [2.45, 2.75) is 18.9 Å². The molecule has 0 spiro atoms. The highest BCUT2D eigenvalue weighted by Crippen LogP contribution is 2.31. The number of carbonyl (C=O) groups is 1. The van der Waals surface area contributed by atoms with E-state index in [1.165, 1.54) is 0 Å². The summed E-state index contributed by atoms with van der Waals surface area (Å²) in [6, 6.07) is 22.0. The zero-order chi connectivity index (χ0) is 18.9. The van der Waals surface area contributed by atoms with Gasteiger partial charge in [-0.25, -0.2) is 4.98 Å². The van der Waals surface area contributed by atoms with Crippen molar-refractivity contribution in [1.82, 2.24) is 14.9 Å². The van der Waals surface area contributed by atoms with E-state index in [-0.39, 0.29) is 18.6 Å². The van der Waals surface area contributed by atoms with Gasteiger partial charge in [0.15, 0.2) is 6.61 Å². The Morgan fingerprint density at radius 2 is 1.89 bits per heavy atom. The van der Waals surface area contributed by atoms with Gasteiger partial charge in [0.1, 0.15) is 11.6 Å². The number of likely N-dealkylation sites (tertiary alicyclic amines) is 1. The molecule has 140 valence electrons. The minimum Gasteiger partial charge on any atom is -0.484 e. The summed E-state index contributed by atoms with van der Waals surface area (Å²) in [5.41, 5.74) is 1.94. The van der Waals surface area contributed by atoms with E-state index >= 15 is 0 Å². The van der Waals surface area contributed by atoms with Gasteiger partial charge in [-0.3, -0.25) is 4.79 Å². The number of aromatic nitrogens is 2. The Labute approximate surface area is 162 Å². The molecule has 28 heavy (non-hydrogen) atoms. The van der Waals surface area contributed by atoms with Gasteiger partial charge < -0.3 is 14.6 Å². The zero-order valence-corrected chi connectivity index (χ0v) is 15.5. The van der Waals surface area contributed by atoms with Crippen LogP contribution < -0.4 is 4.74 Å². The summed E-state index contributed by atoms with van der Waals surface area (Å²) in [4.78, 5) is 22.8. The first-order chi connectivity index (χ1) is 13.8. The first-order valence-electron chi connectivity index (χ1n) is 9.64. The maximum Gasteiger partial charge on any atom is 0.261 e. The topological polar surface area (TPSA) is 58.2 Å². The second kappa shape index (κ2) is 7.00. The third-order valence-electron chi connectivity index (χ3n) is 5.38. The van der Waals surface area contributed by atoms with Crippen molar-refractivity contribution in [3.8, 4) is 5.75 Å². The Balaban J connectivity index is 1.30. The highest BCUT2D eigenvalue weighted by Gasteiger charge is 2.32. The standard InChI is InChI=1S/C23H21N3O2/c27-22(15-28-18-12-11-16-6-1-2-7-17(16)14-18)26-13-5-10-21(26)23-24-19-8-3-4-9-20(19)25-23/h1-4,6-9,11-12,14,21H,5,10,13,15H2,(H,24,25). The van der Waals surface area contributed by atoms with Gasteiger partial charge in [-0.15, -0.1) is 0 Å². The predicted octanol–water partition coefficient (Wildman–Crippen LogP) is 4.46. The van der Waals surface area contributed by atoms with Crippen LogP contribution in [0.4, 0.5) is 0 Å². The lowest BCUT2D eigenvalue weighted by Crippen LogP contribution is -2.34. The van der Waals surface area contributed by atoms with Crippen LogP contribution in [0.2, 0.25) is 0 Å². The molecule has 1 aliphatic heterocycles. The molecular weight excluding hydrogens is 350 g/mol. The van der Waals surface area contributed by atoms with Crippen LogP contribution in [0.5, 0.6) is 5.75 Å². The molecule has 1 aromatic heterocycles. The summed E-state index contributed by atoms with van der Waals surface area (Å²) < 4.78 is 5.81. The lowest BCUT2D eigenvalue weighted by atomic mass is 10.1. The smallest absolute Gasteiger partial charge is 0.261 e. The molecule has 1 atom stereocenters. The highest BCUT2D eigenvalue weighted by molar-refractivity contribution is 5.84. The van der Waals surface area contributed by atoms with Gasteiger partial charge in [0.05, 0.1) is 17.1 Å². The third-order valence-corrected chi connectivity index (χ3v) is 5.38. The van der Waals surface area contributed by atoms with E-state index in [2.05, 4.69) is 16.0 Å². The lowest BCUT2D eigenvalue weighted by Gasteiger charge is -2.23. The normalized spacial score (nSPS) is 16.7. The van der Waals surface area contributed by atoms with Crippen molar-refractivity contribution in [3.63, 3.8) is 0 Å². The summed E-state index contributed by atoms with van der Waals surface area (Å²) in [5, 5.41) is 2.26. The summed E-state index contributed by atoms with van der Waals surface area (Å²) in [5.74, 6) is 1.57. The number of benzene rings is 3. The van der Waals surface area contributed by atoms with Crippen LogP contribution in [-0.2, 0) is 4.79 Å². The number of aromatic amines is 1. The van der Waals surface area contributed by atoms with Gasteiger partial charge in [-0.2, -0.15) is 0 Å². The lowest BCUT2D eigenvalue weighted by molar-refractivity contribution is -0.134. The SMILES string of the molecule is O=C(COc1ccc2ccccc2c1)N1CCCC1c1nc2ccccc2[nH]1. The Bertz CT molecular complexity index is 1120. The highest BCUT2D eigenvalue weighted by atomic mass is 16.5. The largest absolute Gasteiger partial charge is 0.484 e. The second-order valence-electron chi connectivity index (χ2n) is 7.18. The van der Waals surface area contributed by atoms with E-state index in [1.807, 2.05) is 65.6 Å². The number of ether oxygens (including phenoxy) is 1. The Hall–Kier alpha value is -3.34. The van der Waals surface area contributed by atoms with Crippen LogP contribution in [-0.4, -0.2) is 33.9 Å². The van der Waals surface area contributed by atoms with Crippen molar-refractivity contribution >= 4 is 27.7 Å². The van der Waals surface area contributed by atoms with Crippen LogP contribution >= 0.6 is 0 Å². The van der Waals surface area contributed by atoms with Gasteiger partial charge in [-0.05, 0) is 47.9 Å². The molecule has 5 rings (SSSR count). The molecule has 0 radical (unpaired) electrons. The first-order valence-corrected chi connectivity index (χ1v) is 9.64. The molecule has 0 bridgehead atoms. The van der Waals surface area contributed by atoms with Crippen LogP contribution in [0.3, 0.4) is 0 Å². The van der Waals surface area contributed by atoms with Crippen LogP contribution in [0.15, 0.2) is 66.7 Å². The number of fused-ring (bicyclic) bond motifs is 2. The van der Waals surface area contributed by atoms with Gasteiger partial charge >= 0.3 is 0 Å². The fourth-order valence-electron chi connectivity index (χ4n) is 3.97. The molecule has 4 aromatic rings. The Morgan fingerprint density at radius 3 is 2.79 bits per heavy atom. The molecule has 2 heterocycles. The van der Waals surface area contributed by atoms with Crippen molar-refractivity contribution in [2.75, 3.05) is 13.2 Å². The molecule has 0 saturated carbocycles. The van der Waals surface area contributed by atoms with Crippen molar-refractivity contribution in [3.05, 3.63) is 72.6 Å². The monoisotopic (exact) mass is 371 g/mol. The number of nitrogens with one attached hydrogen (secondary N) is 1. The van der Waals surface area contributed by atoms with E-state index < -0.39 is 0 Å². The van der Waals surface area contributed by atoms with E-state index in [0.717, 1.165) is 47.0 Å². The van der Waals surface area contributed by atoms with Gasteiger partial charge in [-0.1, -0.05) is 42.5 Å². The van der Waals surface area contributed by atoms with Crippen molar-refractivity contribution < 1.29 is 9.53 Å². The minimum absolute atomic E-state index is 0.00360. The fraction of sp³-hybridized carbons (Fsp3) is 0.217. The second-order valence-corrected chi connectivity index (χ2v) is 7.18. The van der Waals surface area contributed by atoms with Crippen molar-refractivity contribution in [2.24, 2.45) is 0 Å². The molecular formula is C23H21N3O2. The molecule has 3 aromatic carbocycles. The Kier molecular flexibility index (Phi) is 4.20. The molecule has 1 saturated heterocycles. The van der Waals surface area contributed by atoms with E-state index in [1.54, 1.807) is 0 Å².